The Bertz CT molecular complexity index is 374. The van der Waals surface area contributed by atoms with Crippen molar-refractivity contribution in [2.45, 2.75) is 160 Å². The zero-order valence-corrected chi connectivity index (χ0v) is 20.4. The molecule has 0 spiro atoms. The van der Waals surface area contributed by atoms with E-state index in [1.807, 2.05) is 0 Å². The van der Waals surface area contributed by atoms with Gasteiger partial charge in [0, 0.05) is 13.2 Å². The van der Waals surface area contributed by atoms with E-state index in [9.17, 15) is 0 Å². The first kappa shape index (κ1) is 25.5. The highest BCUT2D eigenvalue weighted by Crippen LogP contribution is 2.28. The van der Waals surface area contributed by atoms with Gasteiger partial charge in [0.25, 0.3) is 0 Å². The highest BCUT2D eigenvalue weighted by Gasteiger charge is 2.20. The fraction of sp³-hybridized carbons (Fsp3) is 0.964. The molecule has 0 bridgehead atoms. The predicted octanol–water partition coefficient (Wildman–Crippen LogP) is 8.30. The van der Waals surface area contributed by atoms with Crippen LogP contribution in [-0.4, -0.2) is 31.5 Å². The van der Waals surface area contributed by atoms with E-state index in [2.05, 4.69) is 0 Å². The number of rotatable bonds is 12. The molecule has 0 saturated heterocycles. The average Bonchev–Trinajstić information content (AvgIpc) is 3.30. The van der Waals surface area contributed by atoms with Crippen molar-refractivity contribution < 1.29 is 14.2 Å². The molecular formula is C28H51O3. The third-order valence-corrected chi connectivity index (χ3v) is 7.65. The third kappa shape index (κ3) is 11.5. The molecule has 0 atom stereocenters. The predicted molar refractivity (Wildman–Crippen MR) is 129 cm³/mol. The van der Waals surface area contributed by atoms with Gasteiger partial charge < -0.3 is 14.2 Å². The zero-order valence-electron chi connectivity index (χ0n) is 20.4. The molecule has 3 aliphatic carbocycles. The van der Waals surface area contributed by atoms with Crippen molar-refractivity contribution in [2.75, 3.05) is 13.2 Å². The van der Waals surface area contributed by atoms with Crippen LogP contribution in [-0.2, 0) is 14.2 Å². The van der Waals surface area contributed by atoms with Gasteiger partial charge in [-0.1, -0.05) is 77.0 Å². The minimum Gasteiger partial charge on any atom is -0.378 e. The van der Waals surface area contributed by atoms with Crippen molar-refractivity contribution in [3.63, 3.8) is 0 Å². The van der Waals surface area contributed by atoms with Gasteiger partial charge in [-0.25, -0.2) is 0 Å². The summed E-state index contributed by atoms with van der Waals surface area (Å²) in [6.45, 7) is 1.81. The summed E-state index contributed by atoms with van der Waals surface area (Å²) in [7, 11) is 0. The van der Waals surface area contributed by atoms with Gasteiger partial charge in [0.05, 0.1) is 24.4 Å². The fourth-order valence-corrected chi connectivity index (χ4v) is 5.69. The molecule has 0 heterocycles. The highest BCUT2D eigenvalue weighted by atomic mass is 16.5. The molecule has 3 fully saturated rings. The minimum atomic E-state index is 0.461. The van der Waals surface area contributed by atoms with E-state index < -0.39 is 0 Å². The molecule has 0 aromatic rings. The van der Waals surface area contributed by atoms with Crippen molar-refractivity contribution in [1.82, 2.24) is 0 Å². The molecular weight excluding hydrogens is 384 g/mol. The lowest BCUT2D eigenvalue weighted by Crippen LogP contribution is -2.19. The molecule has 0 unspecified atom stereocenters. The van der Waals surface area contributed by atoms with Gasteiger partial charge >= 0.3 is 0 Å². The van der Waals surface area contributed by atoms with Gasteiger partial charge in [0.2, 0.25) is 0 Å². The van der Waals surface area contributed by atoms with E-state index in [0.29, 0.717) is 18.3 Å². The van der Waals surface area contributed by atoms with Crippen LogP contribution in [0.3, 0.4) is 0 Å². The second-order valence-corrected chi connectivity index (χ2v) is 10.4. The van der Waals surface area contributed by atoms with Gasteiger partial charge in [-0.3, -0.25) is 0 Å². The molecule has 3 nitrogen and oxygen atoms in total. The van der Waals surface area contributed by atoms with E-state index in [1.165, 1.54) is 122 Å². The highest BCUT2D eigenvalue weighted by molar-refractivity contribution is 4.82. The summed E-state index contributed by atoms with van der Waals surface area (Å²) >= 11 is 0. The maximum absolute atomic E-state index is 6.60. The van der Waals surface area contributed by atoms with Crippen molar-refractivity contribution in [3.8, 4) is 0 Å². The summed E-state index contributed by atoms with van der Waals surface area (Å²) in [6, 6.07) is 0. The fourth-order valence-electron chi connectivity index (χ4n) is 5.69. The van der Waals surface area contributed by atoms with E-state index in [-0.39, 0.29) is 0 Å². The lowest BCUT2D eigenvalue weighted by molar-refractivity contribution is 0.0111. The molecule has 1 radical (unpaired) electrons. The van der Waals surface area contributed by atoms with Crippen LogP contribution in [0.4, 0.5) is 0 Å². The Labute approximate surface area is 193 Å². The van der Waals surface area contributed by atoms with E-state index in [0.717, 1.165) is 38.9 Å². The molecule has 0 aliphatic heterocycles. The molecule has 0 N–H and O–H groups in total. The Hall–Kier alpha value is -0.120. The van der Waals surface area contributed by atoms with Gasteiger partial charge in [-0.05, 0) is 64.2 Å². The summed E-state index contributed by atoms with van der Waals surface area (Å²) in [5.74, 6) is 0. The second-order valence-electron chi connectivity index (χ2n) is 10.4. The van der Waals surface area contributed by atoms with Crippen molar-refractivity contribution in [2.24, 2.45) is 0 Å². The van der Waals surface area contributed by atoms with Crippen LogP contribution in [0.5, 0.6) is 0 Å². The van der Waals surface area contributed by atoms with Crippen molar-refractivity contribution >= 4 is 0 Å². The standard InChI is InChI=1S/C28H51O3/c1-2-8-16-25(15-7-1)29-23-13-21-28(31-27-19-11-5-6-12-20-27)22-14-24-30-26-17-9-3-4-10-18-26/h25-27H,1-24H2. The van der Waals surface area contributed by atoms with Crippen molar-refractivity contribution in [1.29, 1.82) is 0 Å². The quantitative estimate of drug-likeness (QED) is 0.228. The van der Waals surface area contributed by atoms with Crippen LogP contribution >= 0.6 is 0 Å². The Morgan fingerprint density at radius 3 is 1.19 bits per heavy atom. The normalized spacial score (nSPS) is 23.5. The second kappa shape index (κ2) is 16.5. The summed E-state index contributed by atoms with van der Waals surface area (Å²) in [5, 5.41) is 0. The number of ether oxygens (including phenoxy) is 3. The van der Waals surface area contributed by atoms with Gasteiger partial charge in [0.1, 0.15) is 0 Å². The molecule has 3 saturated carbocycles. The van der Waals surface area contributed by atoms with Gasteiger partial charge in [0.15, 0.2) is 0 Å². The SMILES string of the molecule is C1CCCC(OCCC[C](CCCOC2CCCCCC2)OC2CCCCCC2)CC1. The first-order valence-corrected chi connectivity index (χ1v) is 14.1. The molecule has 0 aromatic carbocycles. The zero-order chi connectivity index (χ0) is 21.4. The smallest absolute Gasteiger partial charge is 0.0976 e. The topological polar surface area (TPSA) is 27.7 Å². The Kier molecular flexibility index (Phi) is 13.6. The lowest BCUT2D eigenvalue weighted by atomic mass is 10.1. The average molecular weight is 436 g/mol. The minimum absolute atomic E-state index is 0.461. The maximum atomic E-state index is 6.60. The van der Waals surface area contributed by atoms with Crippen LogP contribution in [0.2, 0.25) is 0 Å². The number of hydrogen-bond donors (Lipinski definition) is 0. The molecule has 3 rings (SSSR count). The first-order valence-electron chi connectivity index (χ1n) is 14.1. The summed E-state index contributed by atoms with van der Waals surface area (Å²) < 4.78 is 19.1. The largest absolute Gasteiger partial charge is 0.378 e. The van der Waals surface area contributed by atoms with Crippen molar-refractivity contribution in [3.05, 3.63) is 6.10 Å². The van der Waals surface area contributed by atoms with Gasteiger partial charge in [-0.2, -0.15) is 0 Å². The molecule has 31 heavy (non-hydrogen) atoms. The first-order chi connectivity index (χ1) is 15.4. The molecule has 181 valence electrons. The van der Waals surface area contributed by atoms with Crippen LogP contribution in [0, 0.1) is 6.10 Å². The summed E-state index contributed by atoms with van der Waals surface area (Å²) in [4.78, 5) is 0. The molecule has 3 aliphatic rings. The van der Waals surface area contributed by atoms with Crippen LogP contribution in [0.1, 0.15) is 141 Å². The van der Waals surface area contributed by atoms with E-state index in [1.54, 1.807) is 0 Å². The van der Waals surface area contributed by atoms with Gasteiger partial charge in [-0.15, -0.1) is 0 Å². The summed E-state index contributed by atoms with van der Waals surface area (Å²) in [6.07, 6.45) is 31.3. The number of hydrogen-bond acceptors (Lipinski definition) is 3. The Balaban J connectivity index is 1.34. The van der Waals surface area contributed by atoms with E-state index >= 15 is 0 Å². The maximum Gasteiger partial charge on any atom is 0.0976 e. The Morgan fingerprint density at radius 1 is 0.452 bits per heavy atom. The monoisotopic (exact) mass is 435 g/mol. The van der Waals surface area contributed by atoms with Crippen LogP contribution in [0.15, 0.2) is 0 Å². The van der Waals surface area contributed by atoms with Crippen LogP contribution in [0.25, 0.3) is 0 Å². The molecule has 0 amide bonds. The van der Waals surface area contributed by atoms with Crippen LogP contribution < -0.4 is 0 Å². The summed E-state index contributed by atoms with van der Waals surface area (Å²) in [5.41, 5.74) is 0. The Morgan fingerprint density at radius 2 is 0.806 bits per heavy atom. The molecule has 0 aromatic heterocycles. The lowest BCUT2D eigenvalue weighted by Gasteiger charge is -2.24. The molecule has 3 heteroatoms. The third-order valence-electron chi connectivity index (χ3n) is 7.65. The van der Waals surface area contributed by atoms with E-state index in [4.69, 9.17) is 14.2 Å².